The Hall–Kier alpha value is -1.69. The molecular formula is C12H17FN4O. The van der Waals surface area contributed by atoms with E-state index < -0.39 is 0 Å². The first kappa shape index (κ1) is 12.8. The maximum Gasteiger partial charge on any atom is 0.317 e. The first-order valence-corrected chi connectivity index (χ1v) is 5.96. The Morgan fingerprint density at radius 1 is 1.39 bits per heavy atom. The van der Waals surface area contributed by atoms with E-state index in [0.717, 1.165) is 32.4 Å². The quantitative estimate of drug-likeness (QED) is 0.842. The first-order chi connectivity index (χ1) is 8.65. The number of nitrogens with one attached hydrogen (secondary N) is 1. The van der Waals surface area contributed by atoms with Crippen molar-refractivity contribution < 1.29 is 9.18 Å². The lowest BCUT2D eigenvalue weighted by molar-refractivity contribution is 0.154. The largest absolute Gasteiger partial charge is 0.334 e. The molecular weight excluding hydrogens is 235 g/mol. The van der Waals surface area contributed by atoms with Crippen molar-refractivity contribution in [3.8, 4) is 0 Å². The molecule has 0 aromatic carbocycles. The molecule has 18 heavy (non-hydrogen) atoms. The molecule has 1 aromatic rings. The lowest BCUT2D eigenvalue weighted by Gasteiger charge is -2.32. The molecule has 0 atom stereocenters. The molecule has 1 fully saturated rings. The fraction of sp³-hybridized carbons (Fsp3) is 0.500. The Kier molecular flexibility index (Phi) is 4.09. The Bertz CT molecular complexity index is 418. The maximum atomic E-state index is 12.9. The van der Waals surface area contributed by atoms with Crippen molar-refractivity contribution in [1.82, 2.24) is 20.1 Å². The second-order valence-electron chi connectivity index (χ2n) is 4.46. The topological polar surface area (TPSA) is 48.5 Å². The van der Waals surface area contributed by atoms with Crippen LogP contribution < -0.4 is 5.32 Å². The Labute approximate surface area is 106 Å². The number of amides is 2. The van der Waals surface area contributed by atoms with E-state index in [4.69, 9.17) is 0 Å². The highest BCUT2D eigenvalue weighted by Crippen LogP contribution is 2.02. The number of rotatable bonds is 2. The van der Waals surface area contributed by atoms with Crippen LogP contribution in [0.4, 0.5) is 9.18 Å². The van der Waals surface area contributed by atoms with Crippen LogP contribution in [0.15, 0.2) is 18.5 Å². The molecule has 98 valence electrons. The summed E-state index contributed by atoms with van der Waals surface area (Å²) in [5.41, 5.74) is 0.664. The molecule has 2 amide bonds. The van der Waals surface area contributed by atoms with Gasteiger partial charge in [-0.05, 0) is 18.7 Å². The van der Waals surface area contributed by atoms with Gasteiger partial charge in [-0.1, -0.05) is 0 Å². The van der Waals surface area contributed by atoms with Crippen LogP contribution in [0.1, 0.15) is 5.56 Å². The number of hydrogen-bond acceptors (Lipinski definition) is 3. The number of urea groups is 1. The molecule has 2 rings (SSSR count). The first-order valence-electron chi connectivity index (χ1n) is 5.96. The summed E-state index contributed by atoms with van der Waals surface area (Å²) in [7, 11) is 2.04. The number of piperazine rings is 1. The van der Waals surface area contributed by atoms with Gasteiger partial charge in [0.25, 0.3) is 0 Å². The fourth-order valence-corrected chi connectivity index (χ4v) is 1.85. The molecule has 1 aliphatic heterocycles. The van der Waals surface area contributed by atoms with Crippen molar-refractivity contribution in [2.75, 3.05) is 33.2 Å². The van der Waals surface area contributed by atoms with Crippen molar-refractivity contribution in [1.29, 1.82) is 0 Å². The van der Waals surface area contributed by atoms with E-state index in [1.807, 2.05) is 7.05 Å². The van der Waals surface area contributed by atoms with Gasteiger partial charge in [0, 0.05) is 38.9 Å². The van der Waals surface area contributed by atoms with E-state index in [2.05, 4.69) is 15.2 Å². The average molecular weight is 252 g/mol. The highest BCUT2D eigenvalue weighted by molar-refractivity contribution is 5.74. The van der Waals surface area contributed by atoms with E-state index in [1.165, 1.54) is 6.07 Å². The van der Waals surface area contributed by atoms with Crippen LogP contribution in [-0.2, 0) is 6.54 Å². The summed E-state index contributed by atoms with van der Waals surface area (Å²) in [5, 5.41) is 2.77. The molecule has 1 saturated heterocycles. The zero-order valence-corrected chi connectivity index (χ0v) is 10.4. The van der Waals surface area contributed by atoms with Gasteiger partial charge in [0.2, 0.25) is 0 Å². The van der Waals surface area contributed by atoms with Crippen LogP contribution in [0.3, 0.4) is 0 Å². The lowest BCUT2D eigenvalue weighted by atomic mass is 10.3. The molecule has 0 unspecified atom stereocenters. The third-order valence-corrected chi connectivity index (χ3v) is 3.00. The standard InChI is InChI=1S/C12H17FN4O/c1-16-2-4-17(5-3-16)12(18)15-8-10-6-11(13)9-14-7-10/h6-7,9H,2-5,8H2,1H3,(H,15,18). The normalized spacial score (nSPS) is 16.7. The molecule has 2 heterocycles. The van der Waals surface area contributed by atoms with Gasteiger partial charge in [-0.25, -0.2) is 9.18 Å². The maximum absolute atomic E-state index is 12.9. The summed E-state index contributed by atoms with van der Waals surface area (Å²) in [4.78, 5) is 19.5. The Morgan fingerprint density at radius 3 is 2.78 bits per heavy atom. The highest BCUT2D eigenvalue weighted by atomic mass is 19.1. The number of pyridine rings is 1. The van der Waals surface area contributed by atoms with Crippen LogP contribution >= 0.6 is 0 Å². The van der Waals surface area contributed by atoms with E-state index in [9.17, 15) is 9.18 Å². The van der Waals surface area contributed by atoms with Crippen molar-refractivity contribution in [2.45, 2.75) is 6.54 Å². The van der Waals surface area contributed by atoms with Crippen molar-refractivity contribution >= 4 is 6.03 Å². The minimum absolute atomic E-state index is 0.104. The van der Waals surface area contributed by atoms with Gasteiger partial charge in [-0.15, -0.1) is 0 Å². The summed E-state index contributed by atoms with van der Waals surface area (Å²) < 4.78 is 12.9. The number of hydrogen-bond donors (Lipinski definition) is 1. The molecule has 0 saturated carbocycles. The number of nitrogens with zero attached hydrogens (tertiary/aromatic N) is 3. The zero-order valence-electron chi connectivity index (χ0n) is 10.4. The van der Waals surface area contributed by atoms with Crippen LogP contribution in [0.2, 0.25) is 0 Å². The van der Waals surface area contributed by atoms with E-state index in [0.29, 0.717) is 12.1 Å². The fourth-order valence-electron chi connectivity index (χ4n) is 1.85. The van der Waals surface area contributed by atoms with Crippen LogP contribution in [0, 0.1) is 5.82 Å². The SMILES string of the molecule is CN1CCN(C(=O)NCc2cncc(F)c2)CC1. The molecule has 0 radical (unpaired) electrons. The molecule has 1 aliphatic rings. The van der Waals surface area contributed by atoms with E-state index in [1.54, 1.807) is 11.1 Å². The third-order valence-electron chi connectivity index (χ3n) is 3.00. The van der Waals surface area contributed by atoms with Gasteiger partial charge in [-0.3, -0.25) is 4.98 Å². The number of aromatic nitrogens is 1. The third kappa shape index (κ3) is 3.40. The number of likely N-dealkylation sites (N-methyl/N-ethyl adjacent to an activating group) is 1. The van der Waals surface area contributed by atoms with Gasteiger partial charge < -0.3 is 15.1 Å². The second-order valence-corrected chi connectivity index (χ2v) is 4.46. The summed E-state index contributed by atoms with van der Waals surface area (Å²) >= 11 is 0. The van der Waals surface area contributed by atoms with Crippen molar-refractivity contribution in [3.63, 3.8) is 0 Å². The number of carbonyl (C=O) groups is 1. The summed E-state index contributed by atoms with van der Waals surface area (Å²) in [5.74, 6) is -0.388. The van der Waals surface area contributed by atoms with Crippen LogP contribution in [-0.4, -0.2) is 54.0 Å². The summed E-state index contributed by atoms with van der Waals surface area (Å²) in [6.07, 6.45) is 2.69. The summed E-state index contributed by atoms with van der Waals surface area (Å²) in [6.45, 7) is 3.52. The molecule has 0 aliphatic carbocycles. The van der Waals surface area contributed by atoms with Gasteiger partial charge in [0.15, 0.2) is 0 Å². The van der Waals surface area contributed by atoms with Gasteiger partial charge in [0.05, 0.1) is 6.20 Å². The average Bonchev–Trinajstić information content (AvgIpc) is 2.37. The summed E-state index contributed by atoms with van der Waals surface area (Å²) in [6, 6.07) is 1.27. The Morgan fingerprint density at radius 2 is 2.11 bits per heavy atom. The monoisotopic (exact) mass is 252 g/mol. The highest BCUT2D eigenvalue weighted by Gasteiger charge is 2.18. The molecule has 0 spiro atoms. The number of halogens is 1. The minimum Gasteiger partial charge on any atom is -0.334 e. The van der Waals surface area contributed by atoms with E-state index >= 15 is 0 Å². The molecule has 1 aromatic heterocycles. The second kappa shape index (κ2) is 5.77. The number of carbonyl (C=O) groups excluding carboxylic acids is 1. The van der Waals surface area contributed by atoms with Gasteiger partial charge in [-0.2, -0.15) is 0 Å². The smallest absolute Gasteiger partial charge is 0.317 e. The minimum atomic E-state index is -0.388. The van der Waals surface area contributed by atoms with Crippen LogP contribution in [0.5, 0.6) is 0 Å². The van der Waals surface area contributed by atoms with Crippen LogP contribution in [0.25, 0.3) is 0 Å². The molecule has 1 N–H and O–H groups in total. The predicted molar refractivity (Wildman–Crippen MR) is 65.5 cm³/mol. The van der Waals surface area contributed by atoms with Gasteiger partial charge >= 0.3 is 6.03 Å². The zero-order chi connectivity index (χ0) is 13.0. The van der Waals surface area contributed by atoms with Gasteiger partial charge in [0.1, 0.15) is 5.82 Å². The van der Waals surface area contributed by atoms with Crippen molar-refractivity contribution in [2.24, 2.45) is 0 Å². The van der Waals surface area contributed by atoms with E-state index in [-0.39, 0.29) is 11.8 Å². The molecule has 5 nitrogen and oxygen atoms in total. The van der Waals surface area contributed by atoms with Crippen molar-refractivity contribution in [3.05, 3.63) is 29.8 Å². The predicted octanol–water partition coefficient (Wildman–Crippen LogP) is 0.678. The lowest BCUT2D eigenvalue weighted by Crippen LogP contribution is -2.50. The Balaban J connectivity index is 1.81. The molecule has 0 bridgehead atoms. The molecule has 6 heteroatoms.